The quantitative estimate of drug-likeness (QED) is 0.574. The number of sulfone groups is 1. The highest BCUT2D eigenvalue weighted by atomic mass is 32.2. The van der Waals surface area contributed by atoms with Crippen molar-refractivity contribution >= 4 is 15.7 Å². The fourth-order valence-corrected chi connectivity index (χ4v) is 1.51. The predicted molar refractivity (Wildman–Crippen MR) is 37.6 cm³/mol. The minimum Gasteiger partial charge on any atom is -0.369 e. The summed E-state index contributed by atoms with van der Waals surface area (Å²) in [5, 5.41) is 5.11. The van der Waals surface area contributed by atoms with Gasteiger partial charge in [0.25, 0.3) is 0 Å². The number of carbonyl (C=O) groups excluding carboxylic acids is 1. The third-order valence-corrected chi connectivity index (χ3v) is 2.47. The first-order valence-corrected chi connectivity index (χ1v) is 4.54. The molecule has 0 saturated carbocycles. The number of aromatic nitrogens is 3. The smallest absolute Gasteiger partial charge is 0.243 e. The van der Waals surface area contributed by atoms with E-state index in [-0.39, 0.29) is 5.16 Å². The van der Waals surface area contributed by atoms with Crippen molar-refractivity contribution in [1.29, 1.82) is 0 Å². The normalized spacial score (nSPS) is 11.3. The molecule has 8 heteroatoms. The van der Waals surface area contributed by atoms with Crippen LogP contribution in [0.2, 0.25) is 0 Å². The van der Waals surface area contributed by atoms with E-state index in [1.54, 1.807) is 0 Å². The molecule has 1 rings (SSSR count). The van der Waals surface area contributed by atoms with Crippen molar-refractivity contribution in [2.75, 3.05) is 5.75 Å². The molecule has 0 fully saturated rings. The number of carbonyl (C=O) groups is 1. The molecule has 0 spiro atoms. The minimum absolute atomic E-state index is 0.346. The second-order valence-electron chi connectivity index (χ2n) is 2.02. The van der Waals surface area contributed by atoms with E-state index in [4.69, 9.17) is 5.73 Å². The van der Waals surface area contributed by atoms with E-state index in [0.717, 1.165) is 6.33 Å². The van der Waals surface area contributed by atoms with Crippen LogP contribution in [0, 0.1) is 0 Å². The van der Waals surface area contributed by atoms with Crippen LogP contribution >= 0.6 is 0 Å². The summed E-state index contributed by atoms with van der Waals surface area (Å²) in [5.74, 6) is -1.69. The van der Waals surface area contributed by atoms with Crippen molar-refractivity contribution in [3.63, 3.8) is 0 Å². The lowest BCUT2D eigenvalue weighted by atomic mass is 10.8. The van der Waals surface area contributed by atoms with Gasteiger partial charge in [0.1, 0.15) is 12.1 Å². The average molecular weight is 190 g/mol. The summed E-state index contributed by atoms with van der Waals surface area (Å²) in [6.45, 7) is 0. The van der Waals surface area contributed by atoms with Gasteiger partial charge in [-0.15, -0.1) is 0 Å². The van der Waals surface area contributed by atoms with E-state index in [1.807, 2.05) is 0 Å². The number of hydrogen-bond acceptors (Lipinski definition) is 5. The number of rotatable bonds is 3. The number of aromatic amines is 1. The lowest BCUT2D eigenvalue weighted by Crippen LogP contribution is -2.23. The zero-order valence-corrected chi connectivity index (χ0v) is 6.71. The predicted octanol–water partition coefficient (Wildman–Crippen LogP) is -1.94. The molecule has 0 aromatic carbocycles. The maximum absolute atomic E-state index is 11.1. The molecule has 1 amide bonds. The van der Waals surface area contributed by atoms with Crippen molar-refractivity contribution in [1.82, 2.24) is 15.2 Å². The van der Waals surface area contributed by atoms with Crippen LogP contribution in [-0.2, 0) is 14.6 Å². The van der Waals surface area contributed by atoms with Crippen LogP contribution in [0.5, 0.6) is 0 Å². The number of nitrogens with two attached hydrogens (primary N) is 1. The lowest BCUT2D eigenvalue weighted by Gasteiger charge is -1.94. The largest absolute Gasteiger partial charge is 0.369 e. The van der Waals surface area contributed by atoms with Gasteiger partial charge in [-0.3, -0.25) is 9.89 Å². The number of amides is 1. The summed E-state index contributed by atoms with van der Waals surface area (Å²) in [6, 6.07) is 0. The maximum Gasteiger partial charge on any atom is 0.243 e. The van der Waals surface area contributed by atoms with Gasteiger partial charge in [-0.2, -0.15) is 5.10 Å². The molecule has 12 heavy (non-hydrogen) atoms. The third-order valence-electron chi connectivity index (χ3n) is 1.02. The summed E-state index contributed by atoms with van der Waals surface area (Å²) < 4.78 is 22.1. The molecule has 0 atom stereocenters. The van der Waals surface area contributed by atoms with Gasteiger partial charge < -0.3 is 5.73 Å². The molecule has 0 aliphatic heterocycles. The Morgan fingerprint density at radius 1 is 1.67 bits per heavy atom. The van der Waals surface area contributed by atoms with Crippen LogP contribution < -0.4 is 5.73 Å². The molecule has 0 bridgehead atoms. The SMILES string of the molecule is NC(=O)CS(=O)(=O)c1ncn[nH]1. The zero-order valence-electron chi connectivity index (χ0n) is 5.89. The van der Waals surface area contributed by atoms with Crippen LogP contribution in [0.1, 0.15) is 0 Å². The van der Waals surface area contributed by atoms with Crippen LogP contribution in [0.4, 0.5) is 0 Å². The van der Waals surface area contributed by atoms with E-state index in [0.29, 0.717) is 0 Å². The monoisotopic (exact) mass is 190 g/mol. The maximum atomic E-state index is 11.1. The third kappa shape index (κ3) is 1.78. The van der Waals surface area contributed by atoms with Crippen LogP contribution in [0.15, 0.2) is 11.5 Å². The molecule has 0 aliphatic rings. The van der Waals surface area contributed by atoms with E-state index in [9.17, 15) is 13.2 Å². The van der Waals surface area contributed by atoms with E-state index < -0.39 is 21.5 Å². The lowest BCUT2D eigenvalue weighted by molar-refractivity contribution is -0.115. The zero-order chi connectivity index (χ0) is 9.19. The van der Waals surface area contributed by atoms with E-state index in [2.05, 4.69) is 15.2 Å². The Morgan fingerprint density at radius 3 is 2.75 bits per heavy atom. The standard InChI is InChI=1S/C4H6N4O3S/c5-3(9)1-12(10,11)4-6-2-7-8-4/h2H,1H2,(H2,5,9)(H,6,7,8). The first-order valence-electron chi connectivity index (χ1n) is 2.89. The van der Waals surface area contributed by atoms with Crippen molar-refractivity contribution in [3.05, 3.63) is 6.33 Å². The highest BCUT2D eigenvalue weighted by molar-refractivity contribution is 7.91. The number of primary amides is 1. The Morgan fingerprint density at radius 2 is 2.33 bits per heavy atom. The molecule has 0 radical (unpaired) electrons. The Labute approximate surface area is 67.9 Å². The highest BCUT2D eigenvalue weighted by Crippen LogP contribution is 2.00. The van der Waals surface area contributed by atoms with Gasteiger partial charge in [-0.25, -0.2) is 13.4 Å². The molecule has 0 aliphatic carbocycles. The summed E-state index contributed by atoms with van der Waals surface area (Å²) in [5.41, 5.74) is 4.70. The van der Waals surface area contributed by atoms with Crippen molar-refractivity contribution in [3.8, 4) is 0 Å². The van der Waals surface area contributed by atoms with Gasteiger partial charge >= 0.3 is 0 Å². The summed E-state index contributed by atoms with van der Waals surface area (Å²) in [7, 11) is -3.72. The molecule has 66 valence electrons. The highest BCUT2D eigenvalue weighted by Gasteiger charge is 2.20. The van der Waals surface area contributed by atoms with Gasteiger partial charge in [0.2, 0.25) is 20.9 Å². The van der Waals surface area contributed by atoms with Crippen molar-refractivity contribution in [2.45, 2.75) is 5.16 Å². The average Bonchev–Trinajstić information content (AvgIpc) is 2.32. The van der Waals surface area contributed by atoms with Gasteiger partial charge in [0.15, 0.2) is 0 Å². The van der Waals surface area contributed by atoms with Gasteiger partial charge in [0, 0.05) is 0 Å². The van der Waals surface area contributed by atoms with Gasteiger partial charge in [0.05, 0.1) is 0 Å². The second-order valence-corrected chi connectivity index (χ2v) is 3.92. The summed E-state index contributed by atoms with van der Waals surface area (Å²) in [6.07, 6.45) is 1.04. The fourth-order valence-electron chi connectivity index (χ4n) is 0.600. The molecule has 0 saturated heterocycles. The van der Waals surface area contributed by atoms with Crippen LogP contribution in [-0.4, -0.2) is 35.3 Å². The number of nitrogens with one attached hydrogen (secondary N) is 1. The first-order chi connectivity index (χ1) is 5.52. The minimum atomic E-state index is -3.72. The van der Waals surface area contributed by atoms with E-state index in [1.165, 1.54) is 0 Å². The summed E-state index contributed by atoms with van der Waals surface area (Å²) in [4.78, 5) is 13.7. The fraction of sp³-hybridized carbons (Fsp3) is 0.250. The van der Waals surface area contributed by atoms with Crippen molar-refractivity contribution < 1.29 is 13.2 Å². The molecule has 7 nitrogen and oxygen atoms in total. The molecule has 0 unspecified atom stereocenters. The Bertz CT molecular complexity index is 367. The summed E-state index contributed by atoms with van der Waals surface area (Å²) >= 11 is 0. The Hall–Kier alpha value is -1.44. The van der Waals surface area contributed by atoms with Crippen LogP contribution in [0.25, 0.3) is 0 Å². The molecule has 1 aromatic heterocycles. The molecule has 3 N–H and O–H groups in total. The number of H-pyrrole nitrogens is 1. The molecule has 1 heterocycles. The Kier molecular flexibility index (Phi) is 2.09. The Balaban J connectivity index is 2.96. The number of hydrogen-bond donors (Lipinski definition) is 2. The molecular weight excluding hydrogens is 184 g/mol. The van der Waals surface area contributed by atoms with Crippen molar-refractivity contribution in [2.24, 2.45) is 5.73 Å². The second kappa shape index (κ2) is 2.89. The van der Waals surface area contributed by atoms with Gasteiger partial charge in [-0.05, 0) is 0 Å². The van der Waals surface area contributed by atoms with E-state index >= 15 is 0 Å². The van der Waals surface area contributed by atoms with Gasteiger partial charge in [-0.1, -0.05) is 0 Å². The molecule has 1 aromatic rings. The first kappa shape index (κ1) is 8.65. The topological polar surface area (TPSA) is 119 Å². The molecular formula is C4H6N4O3S. The van der Waals surface area contributed by atoms with Crippen LogP contribution in [0.3, 0.4) is 0 Å². The number of nitrogens with zero attached hydrogens (tertiary/aromatic N) is 2.